The molecule has 0 bridgehead atoms. The van der Waals surface area contributed by atoms with E-state index in [2.05, 4.69) is 10.6 Å². The highest BCUT2D eigenvalue weighted by molar-refractivity contribution is 6.31. The Hall–Kier alpha value is -2.13. The van der Waals surface area contributed by atoms with Crippen LogP contribution in [0, 0.1) is 11.6 Å². The summed E-state index contributed by atoms with van der Waals surface area (Å²) in [5.74, 6) is -0.975. The number of rotatable bonds is 9. The maximum Gasteiger partial charge on any atom is 0.258 e. The number of carbonyl (C=O) groups excluding carboxylic acids is 1. The van der Waals surface area contributed by atoms with Gasteiger partial charge in [0.25, 0.3) is 5.91 Å². The second-order valence-corrected chi connectivity index (χ2v) is 8.36. The number of ether oxygens (including phenoxy) is 2. The molecule has 1 aliphatic carbocycles. The van der Waals surface area contributed by atoms with Gasteiger partial charge >= 0.3 is 0 Å². The van der Waals surface area contributed by atoms with Gasteiger partial charge in [-0.2, -0.15) is 0 Å². The molecule has 1 atom stereocenters. The Morgan fingerprint density at radius 1 is 0.969 bits per heavy atom. The maximum atomic E-state index is 13.4. The van der Waals surface area contributed by atoms with Crippen molar-refractivity contribution in [1.29, 1.82) is 0 Å². The van der Waals surface area contributed by atoms with Gasteiger partial charge in [0.05, 0.1) is 10.0 Å². The molecule has 0 saturated heterocycles. The minimum Gasteiger partial charge on any atom is -0.489 e. The molecule has 10 heteroatoms. The Morgan fingerprint density at radius 3 is 2.06 bits per heavy atom. The fraction of sp³-hybridized carbons (Fsp3) is 0.409. The summed E-state index contributed by atoms with van der Waals surface area (Å²) in [6.07, 6.45) is 2.05. The van der Waals surface area contributed by atoms with Crippen molar-refractivity contribution >= 4 is 29.1 Å². The molecule has 6 nitrogen and oxygen atoms in total. The van der Waals surface area contributed by atoms with Gasteiger partial charge < -0.3 is 19.9 Å². The first-order valence-electron chi connectivity index (χ1n) is 10.2. The number of aliphatic hydroxyl groups is 1. The van der Waals surface area contributed by atoms with E-state index in [9.17, 15) is 18.7 Å². The van der Waals surface area contributed by atoms with Crippen LogP contribution >= 0.6 is 23.2 Å². The molecule has 1 unspecified atom stereocenters. The number of aliphatic hydroxyl groups excluding tert-OH is 1. The Morgan fingerprint density at radius 2 is 1.50 bits per heavy atom. The van der Waals surface area contributed by atoms with Gasteiger partial charge in [-0.3, -0.25) is 10.1 Å². The minimum atomic E-state index is -0.918. The lowest BCUT2D eigenvalue weighted by molar-refractivity contribution is -0.124. The largest absolute Gasteiger partial charge is 0.489 e. The number of hydrogen-bond donors (Lipinski definition) is 3. The van der Waals surface area contributed by atoms with Crippen LogP contribution in [0.3, 0.4) is 0 Å². The molecule has 0 aliphatic heterocycles. The maximum absolute atomic E-state index is 13.4. The Balaban J connectivity index is 1.33. The predicted molar refractivity (Wildman–Crippen MR) is 117 cm³/mol. The zero-order valence-electron chi connectivity index (χ0n) is 17.1. The van der Waals surface area contributed by atoms with Crippen LogP contribution in [-0.2, 0) is 4.79 Å². The molecule has 1 fully saturated rings. The summed E-state index contributed by atoms with van der Waals surface area (Å²) in [6, 6.07) is 8.13. The van der Waals surface area contributed by atoms with E-state index in [1.54, 1.807) is 0 Å². The quantitative estimate of drug-likeness (QED) is 0.463. The SMILES string of the molecule is O=C(COc1ccc(Cl)c(F)c1)NC1CCC(NC(O)COc2ccc(Cl)c(F)c2)CC1. The molecule has 1 aliphatic rings. The van der Waals surface area contributed by atoms with Crippen molar-refractivity contribution in [3.63, 3.8) is 0 Å². The lowest BCUT2D eigenvalue weighted by Crippen LogP contribution is -2.47. The molecule has 174 valence electrons. The van der Waals surface area contributed by atoms with Gasteiger partial charge in [0, 0.05) is 24.2 Å². The summed E-state index contributed by atoms with van der Waals surface area (Å²) in [4.78, 5) is 12.1. The Kier molecular flexibility index (Phi) is 8.92. The molecule has 0 radical (unpaired) electrons. The molecule has 3 N–H and O–H groups in total. The molecule has 3 rings (SSSR count). The van der Waals surface area contributed by atoms with E-state index in [0.29, 0.717) is 0 Å². The first-order chi connectivity index (χ1) is 15.3. The van der Waals surface area contributed by atoms with E-state index in [-0.39, 0.29) is 52.7 Å². The highest BCUT2D eigenvalue weighted by Crippen LogP contribution is 2.22. The van der Waals surface area contributed by atoms with Crippen LogP contribution < -0.4 is 20.1 Å². The van der Waals surface area contributed by atoms with Crippen LogP contribution in [0.5, 0.6) is 11.5 Å². The van der Waals surface area contributed by atoms with Crippen molar-refractivity contribution in [2.75, 3.05) is 13.2 Å². The predicted octanol–water partition coefficient (Wildman–Crippen LogP) is 4.06. The lowest BCUT2D eigenvalue weighted by atomic mass is 9.91. The molecular formula is C22H24Cl2F2N2O4. The van der Waals surface area contributed by atoms with Gasteiger partial charge in [-0.1, -0.05) is 23.2 Å². The third kappa shape index (κ3) is 7.48. The molecule has 0 aromatic heterocycles. The molecule has 2 aromatic carbocycles. The van der Waals surface area contributed by atoms with E-state index < -0.39 is 17.9 Å². The highest BCUT2D eigenvalue weighted by atomic mass is 35.5. The number of nitrogens with one attached hydrogen (secondary N) is 2. The van der Waals surface area contributed by atoms with Crippen LogP contribution in [0.4, 0.5) is 8.78 Å². The molecule has 2 aromatic rings. The molecule has 1 amide bonds. The Labute approximate surface area is 194 Å². The average molecular weight is 489 g/mol. The summed E-state index contributed by atoms with van der Waals surface area (Å²) in [5.41, 5.74) is 0. The molecule has 32 heavy (non-hydrogen) atoms. The molecule has 0 spiro atoms. The first kappa shape index (κ1) is 24.5. The van der Waals surface area contributed by atoms with Crippen LogP contribution in [0.2, 0.25) is 10.0 Å². The summed E-state index contributed by atoms with van der Waals surface area (Å²) < 4.78 is 37.5. The van der Waals surface area contributed by atoms with E-state index >= 15 is 0 Å². The Bertz CT molecular complexity index is 927. The van der Waals surface area contributed by atoms with E-state index in [0.717, 1.165) is 37.8 Å². The number of hydrogen-bond acceptors (Lipinski definition) is 5. The normalized spacial score (nSPS) is 19.3. The number of carbonyl (C=O) groups is 1. The van der Waals surface area contributed by atoms with Crippen molar-refractivity contribution in [2.45, 2.75) is 44.0 Å². The van der Waals surface area contributed by atoms with Crippen molar-refractivity contribution in [2.24, 2.45) is 0 Å². The van der Waals surface area contributed by atoms with Gasteiger partial charge in [0.15, 0.2) is 6.61 Å². The summed E-state index contributed by atoms with van der Waals surface area (Å²) in [7, 11) is 0. The summed E-state index contributed by atoms with van der Waals surface area (Å²) in [6.45, 7) is -0.263. The molecular weight excluding hydrogens is 465 g/mol. The number of amides is 1. The molecule has 1 saturated carbocycles. The fourth-order valence-corrected chi connectivity index (χ4v) is 3.69. The zero-order chi connectivity index (χ0) is 23.1. The van der Waals surface area contributed by atoms with E-state index in [1.807, 2.05) is 0 Å². The summed E-state index contributed by atoms with van der Waals surface area (Å²) in [5, 5.41) is 16.1. The fourth-order valence-electron chi connectivity index (χ4n) is 3.45. The van der Waals surface area contributed by atoms with Gasteiger partial charge in [0.1, 0.15) is 36.0 Å². The van der Waals surface area contributed by atoms with Crippen LogP contribution in [-0.4, -0.2) is 42.5 Å². The van der Waals surface area contributed by atoms with Crippen LogP contribution in [0.15, 0.2) is 36.4 Å². The second kappa shape index (κ2) is 11.7. The van der Waals surface area contributed by atoms with Gasteiger partial charge in [-0.05, 0) is 49.9 Å². The van der Waals surface area contributed by atoms with Crippen molar-refractivity contribution in [3.8, 4) is 11.5 Å². The van der Waals surface area contributed by atoms with E-state index in [4.69, 9.17) is 32.7 Å². The average Bonchev–Trinajstić information content (AvgIpc) is 2.77. The topological polar surface area (TPSA) is 79.8 Å². The standard InChI is InChI=1S/C22H24Cl2F2N2O4/c23-17-7-5-15(9-19(17)25)31-11-21(29)27-13-1-2-14(4-3-13)28-22(30)12-32-16-6-8-18(24)20(26)10-16/h5-10,13-14,21,27,29H,1-4,11-12H2,(H,28,30). The monoisotopic (exact) mass is 488 g/mol. The van der Waals surface area contributed by atoms with Crippen LogP contribution in [0.1, 0.15) is 25.7 Å². The highest BCUT2D eigenvalue weighted by Gasteiger charge is 2.24. The van der Waals surface area contributed by atoms with Crippen molar-refractivity contribution in [3.05, 3.63) is 58.1 Å². The number of halogens is 4. The lowest BCUT2D eigenvalue weighted by Gasteiger charge is -2.31. The smallest absolute Gasteiger partial charge is 0.258 e. The summed E-state index contributed by atoms with van der Waals surface area (Å²) >= 11 is 11.2. The van der Waals surface area contributed by atoms with Gasteiger partial charge in [0.2, 0.25) is 0 Å². The van der Waals surface area contributed by atoms with Crippen LogP contribution in [0.25, 0.3) is 0 Å². The van der Waals surface area contributed by atoms with E-state index in [1.165, 1.54) is 24.3 Å². The third-order valence-corrected chi connectivity index (χ3v) is 5.69. The second-order valence-electron chi connectivity index (χ2n) is 7.55. The van der Waals surface area contributed by atoms with Gasteiger partial charge in [-0.15, -0.1) is 0 Å². The van der Waals surface area contributed by atoms with Gasteiger partial charge in [-0.25, -0.2) is 8.78 Å². The molecule has 0 heterocycles. The van der Waals surface area contributed by atoms with Crippen molar-refractivity contribution < 1.29 is 28.2 Å². The minimum absolute atomic E-state index is 0.00320. The zero-order valence-corrected chi connectivity index (χ0v) is 18.6. The number of benzene rings is 2. The third-order valence-electron chi connectivity index (χ3n) is 5.08. The first-order valence-corrected chi connectivity index (χ1v) is 10.9. The van der Waals surface area contributed by atoms with Crippen molar-refractivity contribution in [1.82, 2.24) is 10.6 Å².